The smallest absolute Gasteiger partial charge is 0.201 e. The van der Waals surface area contributed by atoms with Crippen LogP contribution in [0, 0.1) is 6.92 Å². The fourth-order valence-corrected chi connectivity index (χ4v) is 1.97. The van der Waals surface area contributed by atoms with E-state index in [0.717, 1.165) is 5.56 Å². The Morgan fingerprint density at radius 2 is 2.19 bits per heavy atom. The van der Waals surface area contributed by atoms with E-state index in [-0.39, 0.29) is 17.0 Å². The van der Waals surface area contributed by atoms with Crippen molar-refractivity contribution in [3.63, 3.8) is 0 Å². The van der Waals surface area contributed by atoms with Crippen molar-refractivity contribution in [2.24, 2.45) is 4.99 Å². The van der Waals surface area contributed by atoms with Crippen LogP contribution in [0.15, 0.2) is 57.0 Å². The number of hydrogen-bond donors (Lipinski definition) is 1. The van der Waals surface area contributed by atoms with Crippen molar-refractivity contribution < 1.29 is 9.52 Å². The van der Waals surface area contributed by atoms with Crippen molar-refractivity contribution >= 4 is 23.0 Å². The summed E-state index contributed by atoms with van der Waals surface area (Å²) in [6.45, 7) is 1.91. The van der Waals surface area contributed by atoms with Gasteiger partial charge in [-0.1, -0.05) is 11.6 Å². The van der Waals surface area contributed by atoms with E-state index in [2.05, 4.69) is 9.98 Å². The molecule has 0 aliphatic heterocycles. The summed E-state index contributed by atoms with van der Waals surface area (Å²) in [6.07, 6.45) is 4.21. The average molecular weight is 280 g/mol. The summed E-state index contributed by atoms with van der Waals surface area (Å²) >= 11 is 0. The van der Waals surface area contributed by atoms with Crippen LogP contribution in [0.4, 0.5) is 5.82 Å². The van der Waals surface area contributed by atoms with Gasteiger partial charge in [-0.05, 0) is 31.2 Å². The molecule has 0 saturated carbocycles. The Kier molecular flexibility index (Phi) is 3.23. The second kappa shape index (κ2) is 5.20. The fourth-order valence-electron chi connectivity index (χ4n) is 1.97. The molecular formula is C16H12N2O3. The number of nitrogens with zero attached hydrogens (tertiary/aromatic N) is 2. The van der Waals surface area contributed by atoms with Crippen molar-refractivity contribution in [2.75, 3.05) is 0 Å². The van der Waals surface area contributed by atoms with Crippen molar-refractivity contribution in [1.29, 1.82) is 0 Å². The lowest BCUT2D eigenvalue weighted by Gasteiger charge is -2.00. The predicted octanol–water partition coefficient (Wildman–Crippen LogP) is 2.95. The van der Waals surface area contributed by atoms with Gasteiger partial charge in [-0.15, -0.1) is 0 Å². The highest BCUT2D eigenvalue weighted by atomic mass is 16.3. The largest absolute Gasteiger partial charge is 0.504 e. The minimum absolute atomic E-state index is 0.0465. The summed E-state index contributed by atoms with van der Waals surface area (Å²) in [6, 6.07) is 8.49. The maximum atomic E-state index is 12.4. The molecule has 21 heavy (non-hydrogen) atoms. The summed E-state index contributed by atoms with van der Waals surface area (Å²) < 4.78 is 5.42. The van der Waals surface area contributed by atoms with Crippen LogP contribution >= 0.6 is 0 Å². The number of rotatable bonds is 2. The van der Waals surface area contributed by atoms with Gasteiger partial charge in [0.05, 0.1) is 10.9 Å². The number of aryl methyl sites for hydroxylation is 1. The average Bonchev–Trinajstić information content (AvgIpc) is 2.49. The zero-order chi connectivity index (χ0) is 14.8. The van der Waals surface area contributed by atoms with Crippen molar-refractivity contribution in [3.05, 3.63) is 64.1 Å². The third-order valence-corrected chi connectivity index (χ3v) is 3.05. The lowest BCUT2D eigenvalue weighted by Crippen LogP contribution is -2.08. The molecule has 2 heterocycles. The highest BCUT2D eigenvalue weighted by Crippen LogP contribution is 2.21. The second-order valence-corrected chi connectivity index (χ2v) is 4.62. The fraction of sp³-hybridized carbons (Fsp3) is 0.0625. The molecule has 5 nitrogen and oxygen atoms in total. The molecular weight excluding hydrogens is 268 g/mol. The van der Waals surface area contributed by atoms with Crippen LogP contribution in [-0.2, 0) is 0 Å². The Morgan fingerprint density at radius 3 is 3.00 bits per heavy atom. The van der Waals surface area contributed by atoms with Crippen LogP contribution in [0.5, 0.6) is 5.75 Å². The van der Waals surface area contributed by atoms with Crippen LogP contribution in [0.3, 0.4) is 0 Å². The van der Waals surface area contributed by atoms with Gasteiger partial charge in [-0.25, -0.2) is 9.98 Å². The Labute approximate surface area is 120 Å². The van der Waals surface area contributed by atoms with Crippen molar-refractivity contribution in [1.82, 2.24) is 4.98 Å². The van der Waals surface area contributed by atoms with Crippen LogP contribution in [0.25, 0.3) is 11.0 Å². The monoisotopic (exact) mass is 280 g/mol. The van der Waals surface area contributed by atoms with E-state index in [0.29, 0.717) is 16.5 Å². The van der Waals surface area contributed by atoms with Crippen LogP contribution in [-0.4, -0.2) is 16.3 Å². The lowest BCUT2D eigenvalue weighted by atomic mass is 10.1. The minimum atomic E-state index is -0.167. The molecule has 0 bridgehead atoms. The molecule has 0 saturated heterocycles. The Morgan fingerprint density at radius 1 is 1.33 bits per heavy atom. The Balaban J connectivity index is 2.08. The Bertz CT molecular complexity index is 897. The molecule has 1 aromatic carbocycles. The molecule has 0 atom stereocenters. The van der Waals surface area contributed by atoms with E-state index in [9.17, 15) is 9.90 Å². The topological polar surface area (TPSA) is 75.7 Å². The van der Waals surface area contributed by atoms with Gasteiger partial charge in [0.15, 0.2) is 11.6 Å². The zero-order valence-electron chi connectivity index (χ0n) is 11.3. The number of aromatic nitrogens is 1. The number of benzene rings is 1. The van der Waals surface area contributed by atoms with E-state index in [1.54, 1.807) is 18.2 Å². The molecule has 1 N–H and O–H groups in total. The normalized spacial score (nSPS) is 11.3. The number of hydrogen-bond acceptors (Lipinski definition) is 5. The van der Waals surface area contributed by atoms with Gasteiger partial charge in [0, 0.05) is 12.4 Å². The van der Waals surface area contributed by atoms with E-state index in [1.165, 1.54) is 24.7 Å². The molecule has 5 heteroatoms. The van der Waals surface area contributed by atoms with Gasteiger partial charge < -0.3 is 9.52 Å². The predicted molar refractivity (Wildman–Crippen MR) is 80.4 cm³/mol. The molecule has 0 aliphatic rings. The van der Waals surface area contributed by atoms with Gasteiger partial charge in [0.2, 0.25) is 5.43 Å². The maximum Gasteiger partial charge on any atom is 0.201 e. The summed E-state index contributed by atoms with van der Waals surface area (Å²) in [7, 11) is 0. The second-order valence-electron chi connectivity index (χ2n) is 4.62. The van der Waals surface area contributed by atoms with Crippen LogP contribution in [0.2, 0.25) is 0 Å². The maximum absolute atomic E-state index is 12.4. The molecule has 2 aromatic heterocycles. The molecule has 0 amide bonds. The summed E-state index contributed by atoms with van der Waals surface area (Å²) in [5.41, 5.74) is 1.65. The van der Waals surface area contributed by atoms with Crippen LogP contribution < -0.4 is 5.43 Å². The molecule has 0 aliphatic carbocycles. The third kappa shape index (κ3) is 2.53. The number of aliphatic imine (C=N–C) groups is 1. The Hall–Kier alpha value is -2.95. The molecule has 0 unspecified atom stereocenters. The molecule has 0 fully saturated rings. The first kappa shape index (κ1) is 13.1. The van der Waals surface area contributed by atoms with E-state index < -0.39 is 0 Å². The highest BCUT2D eigenvalue weighted by Gasteiger charge is 2.06. The van der Waals surface area contributed by atoms with Gasteiger partial charge >= 0.3 is 0 Å². The first-order valence-corrected chi connectivity index (χ1v) is 6.35. The van der Waals surface area contributed by atoms with E-state index in [1.807, 2.05) is 13.0 Å². The summed E-state index contributed by atoms with van der Waals surface area (Å²) in [4.78, 5) is 20.3. The first-order valence-electron chi connectivity index (χ1n) is 6.35. The van der Waals surface area contributed by atoms with Gasteiger partial charge in [-0.3, -0.25) is 4.79 Å². The van der Waals surface area contributed by atoms with Crippen molar-refractivity contribution in [2.45, 2.75) is 6.92 Å². The minimum Gasteiger partial charge on any atom is -0.504 e. The van der Waals surface area contributed by atoms with Gasteiger partial charge in [-0.2, -0.15) is 0 Å². The first-order chi connectivity index (χ1) is 10.1. The van der Waals surface area contributed by atoms with E-state index >= 15 is 0 Å². The molecule has 3 aromatic rings. The van der Waals surface area contributed by atoms with Gasteiger partial charge in [0.1, 0.15) is 11.8 Å². The van der Waals surface area contributed by atoms with Crippen molar-refractivity contribution in [3.8, 4) is 5.75 Å². The molecule has 0 radical (unpaired) electrons. The molecule has 3 rings (SSSR count). The van der Waals surface area contributed by atoms with E-state index in [4.69, 9.17) is 4.42 Å². The lowest BCUT2D eigenvalue weighted by molar-refractivity contribution is 0.474. The van der Waals surface area contributed by atoms with Gasteiger partial charge in [0.25, 0.3) is 0 Å². The number of pyridine rings is 1. The quantitative estimate of drug-likeness (QED) is 0.732. The zero-order valence-corrected chi connectivity index (χ0v) is 11.3. The summed E-state index contributed by atoms with van der Waals surface area (Å²) in [5, 5.41) is 10.1. The SMILES string of the molecule is Cc1ccc2occ(C=Nc3ncccc3O)c(=O)c2c1. The standard InChI is InChI=1S/C16H12N2O3/c1-10-4-5-14-12(7-10)15(20)11(9-21-14)8-18-16-13(19)3-2-6-17-16/h2-9,19H,1H3. The molecule has 104 valence electrons. The number of aromatic hydroxyl groups is 1. The highest BCUT2D eigenvalue weighted by molar-refractivity contribution is 5.87. The summed E-state index contributed by atoms with van der Waals surface area (Å²) in [5.74, 6) is 0.107. The molecule has 0 spiro atoms. The van der Waals surface area contributed by atoms with Crippen LogP contribution in [0.1, 0.15) is 11.1 Å². The third-order valence-electron chi connectivity index (χ3n) is 3.05. The number of fused-ring (bicyclic) bond motifs is 1.